The highest BCUT2D eigenvalue weighted by Crippen LogP contribution is 2.55. The molecule has 1 saturated carbocycles. The minimum absolute atomic E-state index is 0.431. The maximum absolute atomic E-state index is 5.99. The third kappa shape index (κ3) is 1.20. The predicted octanol–water partition coefficient (Wildman–Crippen LogP) is 3.02. The van der Waals surface area contributed by atoms with Crippen LogP contribution in [0.15, 0.2) is 4.99 Å². The van der Waals surface area contributed by atoms with Crippen molar-refractivity contribution in [2.75, 3.05) is 6.54 Å². The summed E-state index contributed by atoms with van der Waals surface area (Å²) in [7, 11) is 0. The van der Waals surface area contributed by atoms with Crippen molar-refractivity contribution in [2.24, 2.45) is 22.2 Å². The van der Waals surface area contributed by atoms with Crippen molar-refractivity contribution >= 4 is 5.90 Å². The van der Waals surface area contributed by atoms with Crippen molar-refractivity contribution in [1.29, 1.82) is 0 Å². The molecule has 2 heteroatoms. The molecule has 0 aromatic rings. The maximum atomic E-state index is 5.99. The van der Waals surface area contributed by atoms with Crippen molar-refractivity contribution in [1.82, 2.24) is 0 Å². The van der Waals surface area contributed by atoms with Gasteiger partial charge in [0.2, 0.25) is 0 Å². The monoisotopic (exact) mass is 207 g/mol. The molecule has 1 saturated heterocycles. The van der Waals surface area contributed by atoms with Gasteiger partial charge in [-0.1, -0.05) is 33.1 Å². The van der Waals surface area contributed by atoms with Crippen LogP contribution in [-0.4, -0.2) is 18.5 Å². The zero-order valence-electron chi connectivity index (χ0n) is 9.83. The third-order valence-corrected chi connectivity index (χ3v) is 4.65. The van der Waals surface area contributed by atoms with Gasteiger partial charge in [0.15, 0.2) is 5.90 Å². The molecule has 15 heavy (non-hydrogen) atoms. The number of aliphatic imine (C=N–C) groups is 1. The number of rotatable bonds is 1. The summed E-state index contributed by atoms with van der Waals surface area (Å²) in [6.45, 7) is 5.60. The minimum atomic E-state index is 0.431. The van der Waals surface area contributed by atoms with Crippen LogP contribution in [-0.2, 0) is 4.74 Å². The van der Waals surface area contributed by atoms with Gasteiger partial charge in [-0.15, -0.1) is 0 Å². The molecule has 2 aliphatic heterocycles. The van der Waals surface area contributed by atoms with Crippen molar-refractivity contribution in [2.45, 2.75) is 52.1 Å². The Morgan fingerprint density at radius 2 is 2.00 bits per heavy atom. The Bertz CT molecular complexity index is 289. The van der Waals surface area contributed by atoms with Crippen LogP contribution in [0.1, 0.15) is 46.0 Å². The first-order valence-corrected chi connectivity index (χ1v) is 6.45. The Hall–Kier alpha value is -0.530. The standard InChI is InChI=1S/C13H21NO/c1-9(2)11-12-14-8-10(15-12)13(11)6-4-3-5-7-13/h9-11H,3-8H2,1-2H3. The summed E-state index contributed by atoms with van der Waals surface area (Å²) in [5, 5.41) is 0. The molecular formula is C13H21NO. The van der Waals surface area contributed by atoms with Gasteiger partial charge in [-0.2, -0.15) is 0 Å². The van der Waals surface area contributed by atoms with E-state index in [0.29, 0.717) is 23.4 Å². The van der Waals surface area contributed by atoms with Crippen LogP contribution >= 0.6 is 0 Å². The van der Waals surface area contributed by atoms with Crippen LogP contribution in [0, 0.1) is 17.3 Å². The highest BCUT2D eigenvalue weighted by atomic mass is 16.5. The van der Waals surface area contributed by atoms with E-state index >= 15 is 0 Å². The molecule has 1 spiro atoms. The molecular weight excluding hydrogens is 186 g/mol. The number of nitrogens with zero attached hydrogens (tertiary/aromatic N) is 1. The van der Waals surface area contributed by atoms with E-state index in [1.807, 2.05) is 0 Å². The van der Waals surface area contributed by atoms with Crippen LogP contribution < -0.4 is 0 Å². The zero-order valence-corrected chi connectivity index (χ0v) is 9.83. The fourth-order valence-corrected chi connectivity index (χ4v) is 4.10. The Morgan fingerprint density at radius 3 is 2.67 bits per heavy atom. The van der Waals surface area contributed by atoms with Gasteiger partial charge in [0, 0.05) is 11.3 Å². The van der Waals surface area contributed by atoms with E-state index < -0.39 is 0 Å². The minimum Gasteiger partial charge on any atom is -0.475 e. The van der Waals surface area contributed by atoms with E-state index in [-0.39, 0.29) is 0 Å². The second-order valence-electron chi connectivity index (χ2n) is 5.80. The number of hydrogen-bond donors (Lipinski definition) is 0. The largest absolute Gasteiger partial charge is 0.475 e. The third-order valence-electron chi connectivity index (χ3n) is 4.65. The fraction of sp³-hybridized carbons (Fsp3) is 0.923. The first kappa shape index (κ1) is 9.68. The molecule has 0 N–H and O–H groups in total. The van der Waals surface area contributed by atoms with E-state index in [0.717, 1.165) is 12.4 Å². The molecule has 84 valence electrons. The second-order valence-corrected chi connectivity index (χ2v) is 5.80. The molecule has 2 unspecified atom stereocenters. The molecule has 3 aliphatic rings. The van der Waals surface area contributed by atoms with Gasteiger partial charge in [0.25, 0.3) is 0 Å². The second kappa shape index (κ2) is 3.23. The SMILES string of the molecule is CC(C)C1C2=NCC(O2)C12CCCCC2. The summed E-state index contributed by atoms with van der Waals surface area (Å²) in [6, 6.07) is 0. The zero-order chi connectivity index (χ0) is 10.5. The van der Waals surface area contributed by atoms with Gasteiger partial charge in [0.1, 0.15) is 6.10 Å². The van der Waals surface area contributed by atoms with Crippen LogP contribution in [0.2, 0.25) is 0 Å². The normalized spacial score (nSPS) is 37.1. The van der Waals surface area contributed by atoms with Crippen LogP contribution in [0.3, 0.4) is 0 Å². The first-order valence-electron chi connectivity index (χ1n) is 6.45. The van der Waals surface area contributed by atoms with Gasteiger partial charge in [0.05, 0.1) is 6.54 Å². The molecule has 2 atom stereocenters. The molecule has 0 aromatic heterocycles. The van der Waals surface area contributed by atoms with Crippen molar-refractivity contribution in [3.63, 3.8) is 0 Å². The summed E-state index contributed by atoms with van der Waals surface area (Å²) in [5.74, 6) is 2.40. The van der Waals surface area contributed by atoms with Crippen LogP contribution in [0.25, 0.3) is 0 Å². The average Bonchev–Trinajstić information content (AvgIpc) is 2.77. The topological polar surface area (TPSA) is 21.6 Å². The van der Waals surface area contributed by atoms with Crippen molar-refractivity contribution in [3.8, 4) is 0 Å². The van der Waals surface area contributed by atoms with E-state index in [4.69, 9.17) is 4.74 Å². The van der Waals surface area contributed by atoms with Gasteiger partial charge in [-0.25, -0.2) is 0 Å². The highest BCUT2D eigenvalue weighted by molar-refractivity contribution is 5.84. The lowest BCUT2D eigenvalue weighted by molar-refractivity contribution is 0.0347. The van der Waals surface area contributed by atoms with Gasteiger partial charge >= 0.3 is 0 Å². The molecule has 2 heterocycles. The van der Waals surface area contributed by atoms with E-state index in [1.165, 1.54) is 32.1 Å². The molecule has 2 bridgehead atoms. The highest BCUT2D eigenvalue weighted by Gasteiger charge is 2.58. The molecule has 2 fully saturated rings. The summed E-state index contributed by atoms with van der Waals surface area (Å²) in [4.78, 5) is 4.55. The molecule has 0 aromatic carbocycles. The first-order chi connectivity index (χ1) is 7.24. The molecule has 3 rings (SSSR count). The Kier molecular flexibility index (Phi) is 2.08. The van der Waals surface area contributed by atoms with E-state index in [1.54, 1.807) is 0 Å². The van der Waals surface area contributed by atoms with E-state index in [9.17, 15) is 0 Å². The number of ether oxygens (including phenoxy) is 1. The number of fused-ring (bicyclic) bond motifs is 3. The van der Waals surface area contributed by atoms with E-state index in [2.05, 4.69) is 18.8 Å². The Morgan fingerprint density at radius 1 is 1.27 bits per heavy atom. The fourth-order valence-electron chi connectivity index (χ4n) is 4.10. The molecule has 1 aliphatic carbocycles. The smallest absolute Gasteiger partial charge is 0.187 e. The summed E-state index contributed by atoms with van der Waals surface area (Å²) in [5.41, 5.74) is 0.476. The van der Waals surface area contributed by atoms with Crippen molar-refractivity contribution in [3.05, 3.63) is 0 Å². The molecule has 2 nitrogen and oxygen atoms in total. The van der Waals surface area contributed by atoms with Crippen LogP contribution in [0.5, 0.6) is 0 Å². The summed E-state index contributed by atoms with van der Waals surface area (Å²) < 4.78 is 5.99. The van der Waals surface area contributed by atoms with Crippen LogP contribution in [0.4, 0.5) is 0 Å². The summed E-state index contributed by atoms with van der Waals surface area (Å²) in [6.07, 6.45) is 7.40. The van der Waals surface area contributed by atoms with Crippen molar-refractivity contribution < 1.29 is 4.74 Å². The van der Waals surface area contributed by atoms with Gasteiger partial charge in [-0.3, -0.25) is 4.99 Å². The lowest BCUT2D eigenvalue weighted by Crippen LogP contribution is -2.44. The van der Waals surface area contributed by atoms with Gasteiger partial charge < -0.3 is 4.74 Å². The quantitative estimate of drug-likeness (QED) is 0.647. The lowest BCUT2D eigenvalue weighted by atomic mass is 9.60. The average molecular weight is 207 g/mol. The lowest BCUT2D eigenvalue weighted by Gasteiger charge is -2.42. The molecule has 0 radical (unpaired) electrons. The maximum Gasteiger partial charge on any atom is 0.187 e. The Balaban J connectivity index is 1.95. The van der Waals surface area contributed by atoms with Gasteiger partial charge in [-0.05, 0) is 18.8 Å². The predicted molar refractivity (Wildman–Crippen MR) is 61.0 cm³/mol. The molecule has 0 amide bonds. The summed E-state index contributed by atoms with van der Waals surface area (Å²) >= 11 is 0. The Labute approximate surface area is 92.1 Å². The number of hydrogen-bond acceptors (Lipinski definition) is 2.